The number of benzene rings is 1. The standard InChI is InChI=1S/C33H43N7O4/c1-6-25-17-27-29(37-23-9-11-24(12-10-23)38-32(42)44-33(2,3)4)28(19-35-30(27)40(25)21-43-5)31(41)36-18-22-7-13-26(14-8-22)39-16-15-34-20-39/h7-8,13-17,19-20,23-24H,6,9-12,18,21H2,1-5H3,(H,35,37)(H,36,41)(H,38,42). The summed E-state index contributed by atoms with van der Waals surface area (Å²) in [5.41, 5.74) is 4.59. The Hall–Kier alpha value is -4.38. The Kier molecular flexibility index (Phi) is 9.53. The maximum Gasteiger partial charge on any atom is 0.407 e. The summed E-state index contributed by atoms with van der Waals surface area (Å²) < 4.78 is 14.9. The summed E-state index contributed by atoms with van der Waals surface area (Å²) in [5.74, 6) is -0.196. The molecule has 3 aromatic heterocycles. The van der Waals surface area contributed by atoms with E-state index >= 15 is 0 Å². The van der Waals surface area contributed by atoms with Crippen molar-refractivity contribution in [1.29, 1.82) is 0 Å². The molecule has 0 bridgehead atoms. The number of pyridine rings is 1. The van der Waals surface area contributed by atoms with Crippen LogP contribution in [0.25, 0.3) is 16.7 Å². The zero-order valence-corrected chi connectivity index (χ0v) is 26.2. The van der Waals surface area contributed by atoms with Gasteiger partial charge >= 0.3 is 6.09 Å². The molecule has 3 heterocycles. The predicted octanol–water partition coefficient (Wildman–Crippen LogP) is 5.57. The van der Waals surface area contributed by atoms with E-state index in [1.807, 2.05) is 60.4 Å². The minimum atomic E-state index is -0.535. The minimum Gasteiger partial charge on any atom is -0.444 e. The number of nitrogens with zero attached hydrogens (tertiary/aromatic N) is 4. The van der Waals surface area contributed by atoms with E-state index in [0.717, 1.165) is 65.8 Å². The van der Waals surface area contributed by atoms with Crippen molar-refractivity contribution in [1.82, 2.24) is 29.7 Å². The number of amides is 2. The monoisotopic (exact) mass is 601 g/mol. The third-order valence-electron chi connectivity index (χ3n) is 7.86. The lowest BCUT2D eigenvalue weighted by molar-refractivity contribution is 0.0492. The molecule has 3 N–H and O–H groups in total. The maximum atomic E-state index is 13.7. The molecule has 0 unspecified atom stereocenters. The van der Waals surface area contributed by atoms with Crippen LogP contribution in [0.15, 0.2) is 55.2 Å². The van der Waals surface area contributed by atoms with Gasteiger partial charge in [-0.25, -0.2) is 14.8 Å². The molecule has 44 heavy (non-hydrogen) atoms. The predicted molar refractivity (Wildman–Crippen MR) is 170 cm³/mol. The average Bonchev–Trinajstić information content (AvgIpc) is 3.65. The van der Waals surface area contributed by atoms with Gasteiger partial charge in [-0.2, -0.15) is 0 Å². The first-order valence-corrected chi connectivity index (χ1v) is 15.3. The normalized spacial score (nSPS) is 16.9. The van der Waals surface area contributed by atoms with Gasteiger partial charge in [-0.3, -0.25) is 4.79 Å². The van der Waals surface area contributed by atoms with Crippen LogP contribution in [0.1, 0.15) is 75.0 Å². The molecule has 11 nitrogen and oxygen atoms in total. The molecule has 2 amide bonds. The summed E-state index contributed by atoms with van der Waals surface area (Å²) in [7, 11) is 1.66. The first kappa shape index (κ1) is 31.1. The minimum absolute atomic E-state index is 0.0535. The van der Waals surface area contributed by atoms with E-state index in [4.69, 9.17) is 14.5 Å². The number of ether oxygens (including phenoxy) is 2. The summed E-state index contributed by atoms with van der Waals surface area (Å²) in [6, 6.07) is 10.3. The molecular weight excluding hydrogens is 558 g/mol. The van der Waals surface area contributed by atoms with Crippen LogP contribution in [-0.2, 0) is 29.2 Å². The van der Waals surface area contributed by atoms with E-state index in [0.29, 0.717) is 18.8 Å². The van der Waals surface area contributed by atoms with Crippen LogP contribution in [0.2, 0.25) is 0 Å². The number of methoxy groups -OCH3 is 1. The van der Waals surface area contributed by atoms with Crippen LogP contribution in [-0.4, -0.2) is 55.9 Å². The van der Waals surface area contributed by atoms with Crippen molar-refractivity contribution >= 4 is 28.7 Å². The molecule has 11 heteroatoms. The molecule has 0 aliphatic heterocycles. The average molecular weight is 602 g/mol. The lowest BCUT2D eigenvalue weighted by atomic mass is 9.90. The Balaban J connectivity index is 1.33. The zero-order chi connectivity index (χ0) is 31.3. The van der Waals surface area contributed by atoms with Crippen LogP contribution in [0, 0.1) is 0 Å². The number of alkyl carbamates (subject to hydrolysis) is 1. The number of anilines is 1. The molecular formula is C33H43N7O4. The van der Waals surface area contributed by atoms with Crippen molar-refractivity contribution < 1.29 is 19.1 Å². The van der Waals surface area contributed by atoms with E-state index in [-0.39, 0.29) is 24.1 Å². The van der Waals surface area contributed by atoms with Crippen LogP contribution >= 0.6 is 0 Å². The highest BCUT2D eigenvalue weighted by atomic mass is 16.6. The third kappa shape index (κ3) is 7.39. The van der Waals surface area contributed by atoms with Gasteiger partial charge in [0.2, 0.25) is 0 Å². The molecule has 1 aliphatic carbocycles. The van der Waals surface area contributed by atoms with Gasteiger partial charge in [0.25, 0.3) is 5.91 Å². The molecule has 0 saturated heterocycles. The molecule has 1 saturated carbocycles. The highest BCUT2D eigenvalue weighted by molar-refractivity contribution is 6.07. The lowest BCUT2D eigenvalue weighted by Crippen LogP contribution is -2.42. The fourth-order valence-electron chi connectivity index (χ4n) is 5.68. The van der Waals surface area contributed by atoms with Crippen molar-refractivity contribution in [3.63, 3.8) is 0 Å². The van der Waals surface area contributed by atoms with Crippen LogP contribution in [0.5, 0.6) is 0 Å². The highest BCUT2D eigenvalue weighted by Crippen LogP contribution is 2.32. The second-order valence-corrected chi connectivity index (χ2v) is 12.3. The summed E-state index contributed by atoms with van der Waals surface area (Å²) in [4.78, 5) is 34.8. The number of nitrogens with one attached hydrogen (secondary N) is 3. The van der Waals surface area contributed by atoms with Crippen molar-refractivity contribution in [2.45, 2.75) is 90.8 Å². The second kappa shape index (κ2) is 13.5. The molecule has 234 valence electrons. The number of hydrogen-bond donors (Lipinski definition) is 3. The SMILES string of the molecule is CCc1cc2c(NC3CCC(NC(=O)OC(C)(C)C)CC3)c(C(=O)NCc3ccc(-n4ccnc4)cc3)cnc2n1COC. The van der Waals surface area contributed by atoms with Crippen molar-refractivity contribution in [2.24, 2.45) is 0 Å². The fraction of sp³-hybridized carbons (Fsp3) is 0.455. The van der Waals surface area contributed by atoms with Gasteiger partial charge in [0, 0.05) is 61.1 Å². The van der Waals surface area contributed by atoms with Crippen molar-refractivity contribution in [3.8, 4) is 5.69 Å². The first-order valence-electron chi connectivity index (χ1n) is 15.3. The number of carbonyl (C=O) groups is 2. The van der Waals surface area contributed by atoms with E-state index in [2.05, 4.69) is 33.9 Å². The molecule has 1 aromatic carbocycles. The van der Waals surface area contributed by atoms with E-state index in [9.17, 15) is 9.59 Å². The second-order valence-electron chi connectivity index (χ2n) is 12.3. The Morgan fingerprint density at radius 3 is 2.43 bits per heavy atom. The molecule has 4 aromatic rings. The lowest BCUT2D eigenvalue weighted by Gasteiger charge is -2.31. The molecule has 0 spiro atoms. The van der Waals surface area contributed by atoms with Gasteiger partial charge < -0.3 is 34.6 Å². The molecule has 5 rings (SSSR count). The van der Waals surface area contributed by atoms with Gasteiger partial charge in [0.1, 0.15) is 18.0 Å². The van der Waals surface area contributed by atoms with Gasteiger partial charge in [-0.05, 0) is 76.6 Å². The summed E-state index contributed by atoms with van der Waals surface area (Å²) in [5, 5.41) is 10.7. The zero-order valence-electron chi connectivity index (χ0n) is 26.2. The molecule has 0 atom stereocenters. The smallest absolute Gasteiger partial charge is 0.407 e. The number of imidazole rings is 1. The number of aryl methyl sites for hydroxylation is 1. The Labute approximate surface area is 258 Å². The molecule has 0 radical (unpaired) electrons. The summed E-state index contributed by atoms with van der Waals surface area (Å²) >= 11 is 0. The number of rotatable bonds is 10. The molecule has 1 fully saturated rings. The van der Waals surface area contributed by atoms with Crippen LogP contribution in [0.4, 0.5) is 10.5 Å². The summed E-state index contributed by atoms with van der Waals surface area (Å²) in [6.07, 6.45) is 10.8. The number of hydrogen-bond acceptors (Lipinski definition) is 7. The van der Waals surface area contributed by atoms with E-state index < -0.39 is 5.60 Å². The topological polar surface area (TPSA) is 124 Å². The fourth-order valence-corrected chi connectivity index (χ4v) is 5.68. The van der Waals surface area contributed by atoms with Crippen molar-refractivity contribution in [3.05, 3.63) is 72.1 Å². The number of fused-ring (bicyclic) bond motifs is 1. The Morgan fingerprint density at radius 1 is 1.07 bits per heavy atom. The van der Waals surface area contributed by atoms with Crippen LogP contribution < -0.4 is 16.0 Å². The first-order chi connectivity index (χ1) is 21.1. The van der Waals surface area contributed by atoms with Gasteiger partial charge in [-0.15, -0.1) is 0 Å². The highest BCUT2D eigenvalue weighted by Gasteiger charge is 2.27. The van der Waals surface area contributed by atoms with Gasteiger partial charge in [-0.1, -0.05) is 19.1 Å². The van der Waals surface area contributed by atoms with Crippen LogP contribution in [0.3, 0.4) is 0 Å². The Bertz CT molecular complexity index is 1560. The number of aromatic nitrogens is 4. The van der Waals surface area contributed by atoms with Crippen molar-refractivity contribution in [2.75, 3.05) is 12.4 Å². The summed E-state index contributed by atoms with van der Waals surface area (Å²) in [6.45, 7) is 8.43. The van der Waals surface area contributed by atoms with E-state index in [1.165, 1.54) is 0 Å². The van der Waals surface area contributed by atoms with Gasteiger partial charge in [0.05, 0.1) is 17.6 Å². The number of carbonyl (C=O) groups excluding carboxylic acids is 2. The largest absolute Gasteiger partial charge is 0.444 e. The maximum absolute atomic E-state index is 13.7. The third-order valence-corrected chi connectivity index (χ3v) is 7.86. The quantitative estimate of drug-likeness (QED) is 0.217. The van der Waals surface area contributed by atoms with E-state index in [1.54, 1.807) is 25.8 Å². The molecule has 1 aliphatic rings. The van der Waals surface area contributed by atoms with Gasteiger partial charge in [0.15, 0.2) is 0 Å². The Morgan fingerprint density at radius 2 is 1.80 bits per heavy atom.